The molecule has 1 N–H and O–H groups in total. The summed E-state index contributed by atoms with van der Waals surface area (Å²) < 4.78 is 0. The number of non-ortho nitro benzene ring substituents is 1. The van der Waals surface area contributed by atoms with Gasteiger partial charge in [0, 0.05) is 50.0 Å². The number of nitro benzene ring substituents is 1. The summed E-state index contributed by atoms with van der Waals surface area (Å²) in [5, 5.41) is 14.2. The fourth-order valence-electron chi connectivity index (χ4n) is 7.30. The maximum absolute atomic E-state index is 12.8. The third kappa shape index (κ3) is 4.16. The smallest absolute Gasteiger partial charge is 0.269 e. The molecule has 1 amide bonds. The van der Waals surface area contributed by atoms with Gasteiger partial charge in [-0.25, -0.2) is 0 Å². The highest BCUT2D eigenvalue weighted by Crippen LogP contribution is 2.61. The highest BCUT2D eigenvalue weighted by Gasteiger charge is 2.53. The zero-order valence-corrected chi connectivity index (χ0v) is 18.5. The summed E-state index contributed by atoms with van der Waals surface area (Å²) in [6.07, 6.45) is 8.23. The first-order valence-electron chi connectivity index (χ1n) is 11.9. The van der Waals surface area contributed by atoms with E-state index in [9.17, 15) is 14.9 Å². The van der Waals surface area contributed by atoms with Crippen LogP contribution in [0.5, 0.6) is 0 Å². The minimum Gasteiger partial charge on any atom is -0.369 e. The van der Waals surface area contributed by atoms with Crippen LogP contribution < -0.4 is 10.2 Å². The van der Waals surface area contributed by atoms with E-state index in [2.05, 4.69) is 22.0 Å². The predicted molar refractivity (Wildman–Crippen MR) is 120 cm³/mol. The van der Waals surface area contributed by atoms with Gasteiger partial charge < -0.3 is 10.2 Å². The van der Waals surface area contributed by atoms with E-state index in [-0.39, 0.29) is 22.6 Å². The molecule has 7 heteroatoms. The monoisotopic (exact) mass is 426 g/mol. The zero-order valence-electron chi connectivity index (χ0n) is 18.5. The molecule has 0 unspecified atom stereocenters. The molecule has 0 aromatic heterocycles. The van der Waals surface area contributed by atoms with Gasteiger partial charge in [-0.1, -0.05) is 0 Å². The summed E-state index contributed by atoms with van der Waals surface area (Å²) in [6, 6.07) is 7.01. The third-order valence-corrected chi connectivity index (χ3v) is 8.55. The molecule has 0 spiro atoms. The van der Waals surface area contributed by atoms with Crippen molar-refractivity contribution in [2.24, 2.45) is 23.2 Å². The summed E-state index contributed by atoms with van der Waals surface area (Å²) in [5.41, 5.74) is 1.47. The molecule has 1 heterocycles. The molecule has 5 aliphatic rings. The van der Waals surface area contributed by atoms with Crippen molar-refractivity contribution in [3.05, 3.63) is 34.4 Å². The lowest BCUT2D eigenvalue weighted by molar-refractivity contribution is -0.384. The highest BCUT2D eigenvalue weighted by molar-refractivity contribution is 5.78. The van der Waals surface area contributed by atoms with Crippen LogP contribution in [-0.4, -0.2) is 54.5 Å². The second-order valence-corrected chi connectivity index (χ2v) is 10.6. The minimum absolute atomic E-state index is 0.118. The first-order chi connectivity index (χ1) is 14.9. The van der Waals surface area contributed by atoms with Crippen LogP contribution in [-0.2, 0) is 4.79 Å². The summed E-state index contributed by atoms with van der Waals surface area (Å²) >= 11 is 0. The highest BCUT2D eigenvalue weighted by atomic mass is 16.6. The Morgan fingerprint density at radius 2 is 1.61 bits per heavy atom. The van der Waals surface area contributed by atoms with Crippen molar-refractivity contribution in [2.75, 3.05) is 37.6 Å². The molecular formula is C24H34N4O3. The van der Waals surface area contributed by atoms with E-state index in [0.717, 1.165) is 49.6 Å². The number of carbonyl (C=O) groups excluding carboxylic acids is 1. The van der Waals surface area contributed by atoms with E-state index in [4.69, 9.17) is 0 Å². The molecule has 6 rings (SSSR count). The normalized spacial score (nSPS) is 33.3. The number of anilines is 1. The van der Waals surface area contributed by atoms with Crippen molar-refractivity contribution in [3.63, 3.8) is 0 Å². The van der Waals surface area contributed by atoms with Crippen molar-refractivity contribution in [3.8, 4) is 0 Å². The Kier molecular flexibility index (Phi) is 5.40. The molecule has 1 aromatic rings. The van der Waals surface area contributed by atoms with Crippen LogP contribution in [0, 0.1) is 33.3 Å². The Bertz CT molecular complexity index is 796. The molecule has 7 nitrogen and oxygen atoms in total. The fourth-order valence-corrected chi connectivity index (χ4v) is 7.30. The molecule has 1 saturated heterocycles. The van der Waals surface area contributed by atoms with Crippen LogP contribution in [0.2, 0.25) is 0 Å². The molecule has 4 saturated carbocycles. The number of rotatable bonds is 6. The molecule has 1 aromatic carbocycles. The molecule has 4 aliphatic carbocycles. The topological polar surface area (TPSA) is 78.7 Å². The van der Waals surface area contributed by atoms with E-state index < -0.39 is 0 Å². The van der Waals surface area contributed by atoms with Gasteiger partial charge in [0.15, 0.2) is 0 Å². The lowest BCUT2D eigenvalue weighted by Crippen LogP contribution is -2.57. The second-order valence-electron chi connectivity index (χ2n) is 10.6. The Balaban J connectivity index is 1.11. The number of piperazine rings is 1. The number of amides is 1. The number of nitro groups is 1. The van der Waals surface area contributed by atoms with Crippen LogP contribution in [0.1, 0.15) is 45.4 Å². The molecule has 4 bridgehead atoms. The number of hydrogen-bond acceptors (Lipinski definition) is 5. The zero-order chi connectivity index (χ0) is 21.6. The standard InChI is InChI=1S/C24H34N4O3/c1-17(24-13-18-10-19(14-24)12-20(11-18)15-24)25-23(29)16-26-6-8-27(9-7-26)21-2-4-22(5-3-21)28(30)31/h2-5,17-20H,6-16H2,1H3,(H,25,29)/t17-,18?,19?,20?,24?/m0/s1. The van der Waals surface area contributed by atoms with Gasteiger partial charge in [-0.05, 0) is 80.8 Å². The summed E-state index contributed by atoms with van der Waals surface area (Å²) in [7, 11) is 0. The van der Waals surface area contributed by atoms with Gasteiger partial charge in [0.2, 0.25) is 5.91 Å². The van der Waals surface area contributed by atoms with Crippen molar-refractivity contribution < 1.29 is 9.72 Å². The van der Waals surface area contributed by atoms with Crippen LogP contribution >= 0.6 is 0 Å². The summed E-state index contributed by atoms with van der Waals surface area (Å²) in [5.74, 6) is 2.86. The molecule has 1 atom stereocenters. The maximum Gasteiger partial charge on any atom is 0.269 e. The van der Waals surface area contributed by atoms with E-state index in [1.54, 1.807) is 12.1 Å². The largest absolute Gasteiger partial charge is 0.369 e. The molecular weight excluding hydrogens is 392 g/mol. The van der Waals surface area contributed by atoms with Gasteiger partial charge in [0.1, 0.15) is 0 Å². The summed E-state index contributed by atoms with van der Waals surface area (Å²) in [6.45, 7) is 6.03. The van der Waals surface area contributed by atoms with Crippen molar-refractivity contribution in [1.29, 1.82) is 0 Å². The Morgan fingerprint density at radius 1 is 1.06 bits per heavy atom. The second kappa shape index (κ2) is 8.08. The van der Waals surface area contributed by atoms with Gasteiger partial charge in [-0.3, -0.25) is 19.8 Å². The Hall–Kier alpha value is -2.15. The van der Waals surface area contributed by atoms with Gasteiger partial charge >= 0.3 is 0 Å². The van der Waals surface area contributed by atoms with Gasteiger partial charge in [-0.2, -0.15) is 0 Å². The van der Waals surface area contributed by atoms with Crippen molar-refractivity contribution in [2.45, 2.75) is 51.5 Å². The molecule has 5 fully saturated rings. The molecule has 1 aliphatic heterocycles. The maximum atomic E-state index is 12.8. The van der Waals surface area contributed by atoms with E-state index in [0.29, 0.717) is 12.0 Å². The van der Waals surface area contributed by atoms with E-state index in [1.165, 1.54) is 38.5 Å². The number of benzene rings is 1. The minimum atomic E-state index is -0.370. The number of nitrogens with zero attached hydrogens (tertiary/aromatic N) is 3. The van der Waals surface area contributed by atoms with Crippen LogP contribution in [0.15, 0.2) is 24.3 Å². The third-order valence-electron chi connectivity index (χ3n) is 8.55. The van der Waals surface area contributed by atoms with Crippen LogP contribution in [0.25, 0.3) is 0 Å². The lowest BCUT2D eigenvalue weighted by Gasteiger charge is -2.59. The molecule has 31 heavy (non-hydrogen) atoms. The molecule has 0 radical (unpaired) electrons. The van der Waals surface area contributed by atoms with E-state index in [1.807, 2.05) is 12.1 Å². The number of nitrogens with one attached hydrogen (secondary N) is 1. The molecule has 168 valence electrons. The predicted octanol–water partition coefficient (Wildman–Crippen LogP) is 3.44. The average Bonchev–Trinajstić information content (AvgIpc) is 2.73. The van der Waals surface area contributed by atoms with Crippen LogP contribution in [0.4, 0.5) is 11.4 Å². The van der Waals surface area contributed by atoms with Gasteiger partial charge in [0.05, 0.1) is 11.5 Å². The Labute approximate surface area is 184 Å². The number of hydrogen-bond donors (Lipinski definition) is 1. The van der Waals surface area contributed by atoms with Crippen molar-refractivity contribution >= 4 is 17.3 Å². The van der Waals surface area contributed by atoms with Gasteiger partial charge in [0.25, 0.3) is 5.69 Å². The quantitative estimate of drug-likeness (QED) is 0.557. The van der Waals surface area contributed by atoms with Gasteiger partial charge in [-0.15, -0.1) is 0 Å². The Morgan fingerprint density at radius 3 is 2.13 bits per heavy atom. The lowest BCUT2D eigenvalue weighted by atomic mass is 9.48. The van der Waals surface area contributed by atoms with Crippen LogP contribution in [0.3, 0.4) is 0 Å². The first kappa shape index (κ1) is 20.7. The van der Waals surface area contributed by atoms with Crippen molar-refractivity contribution in [1.82, 2.24) is 10.2 Å². The summed E-state index contributed by atoms with van der Waals surface area (Å²) in [4.78, 5) is 27.8. The fraction of sp³-hybridized carbons (Fsp3) is 0.708. The average molecular weight is 427 g/mol. The number of carbonyl (C=O) groups is 1. The van der Waals surface area contributed by atoms with E-state index >= 15 is 0 Å². The SMILES string of the molecule is C[C@H](NC(=O)CN1CCN(c2ccc([N+](=O)[O-])cc2)CC1)C12CC3CC(CC(C3)C1)C2. The first-order valence-corrected chi connectivity index (χ1v) is 11.9.